The minimum atomic E-state index is -2.59. The van der Waals surface area contributed by atoms with Crippen LogP contribution >= 0.6 is 0 Å². The number of carbonyl (C=O) groups excluding carboxylic acids is 1. The maximum absolute atomic E-state index is 12.6. The van der Waals surface area contributed by atoms with E-state index < -0.39 is 8.32 Å². The highest BCUT2D eigenvalue weighted by atomic mass is 28.4. The predicted molar refractivity (Wildman–Crippen MR) is 127 cm³/mol. The molecular weight excluding hydrogens is 402 g/mol. The molecule has 0 radical (unpaired) electrons. The van der Waals surface area contributed by atoms with Gasteiger partial charge in [-0.05, 0) is 27.5 Å². The Morgan fingerprint density at radius 1 is 0.968 bits per heavy atom. The lowest BCUT2D eigenvalue weighted by Crippen LogP contribution is -2.71. The Morgan fingerprint density at radius 3 is 2.03 bits per heavy atom. The molecule has 1 fully saturated rings. The molecule has 2 heterocycles. The number of hydrogen-bond acceptors (Lipinski definition) is 3. The van der Waals surface area contributed by atoms with E-state index in [0.29, 0.717) is 18.8 Å². The quantitative estimate of drug-likeness (QED) is 0.624. The van der Waals surface area contributed by atoms with E-state index in [2.05, 4.69) is 79.6 Å². The third-order valence-corrected chi connectivity index (χ3v) is 10.9. The Kier molecular flexibility index (Phi) is 5.94. The van der Waals surface area contributed by atoms with Crippen molar-refractivity contribution >= 4 is 30.4 Å². The Labute approximate surface area is 185 Å². The van der Waals surface area contributed by atoms with E-state index in [9.17, 15) is 4.79 Å². The van der Waals surface area contributed by atoms with Crippen molar-refractivity contribution in [1.29, 1.82) is 0 Å². The van der Waals surface area contributed by atoms with Crippen molar-refractivity contribution in [2.45, 2.75) is 31.9 Å². The Morgan fingerprint density at radius 2 is 1.55 bits per heavy atom. The summed E-state index contributed by atoms with van der Waals surface area (Å²) in [5.74, 6) is 0. The van der Waals surface area contributed by atoms with Gasteiger partial charge >= 0.3 is 6.03 Å². The number of aromatic nitrogens is 1. The minimum Gasteiger partial charge on any atom is -0.401 e. The first-order valence-electron chi connectivity index (χ1n) is 10.6. The fraction of sp³-hybridized carbons (Fsp3) is 0.280. The lowest BCUT2D eigenvalue weighted by atomic mass is 10.2. The van der Waals surface area contributed by atoms with Crippen molar-refractivity contribution in [2.24, 2.45) is 0 Å². The van der Waals surface area contributed by atoms with Crippen LogP contribution in [0.2, 0.25) is 5.04 Å². The average molecular weight is 432 g/mol. The van der Waals surface area contributed by atoms with Crippen molar-refractivity contribution in [3.63, 3.8) is 0 Å². The third kappa shape index (κ3) is 4.27. The molecule has 6 heteroatoms. The fourth-order valence-electron chi connectivity index (χ4n) is 4.26. The third-order valence-electron chi connectivity index (χ3n) is 5.81. The molecular formula is C25H29N3O2Si. The molecule has 0 saturated carbocycles. The van der Waals surface area contributed by atoms with Crippen molar-refractivity contribution in [2.75, 3.05) is 18.4 Å². The molecule has 0 unspecified atom stereocenters. The zero-order valence-corrected chi connectivity index (χ0v) is 19.3. The molecule has 160 valence electrons. The highest BCUT2D eigenvalue weighted by Crippen LogP contribution is 2.38. The predicted octanol–water partition coefficient (Wildman–Crippen LogP) is 3.87. The van der Waals surface area contributed by atoms with Gasteiger partial charge in [0.05, 0.1) is 18.0 Å². The van der Waals surface area contributed by atoms with Crippen molar-refractivity contribution in [3.8, 4) is 0 Å². The van der Waals surface area contributed by atoms with Crippen molar-refractivity contribution in [1.82, 2.24) is 9.88 Å². The average Bonchev–Trinajstić information content (AvgIpc) is 2.74. The Hall–Kier alpha value is -2.96. The molecule has 2 amide bonds. The van der Waals surface area contributed by atoms with Gasteiger partial charge < -0.3 is 14.6 Å². The number of nitrogens with zero attached hydrogens (tertiary/aromatic N) is 2. The van der Waals surface area contributed by atoms with Gasteiger partial charge in [-0.15, -0.1) is 0 Å². The number of carbonyl (C=O) groups is 1. The summed E-state index contributed by atoms with van der Waals surface area (Å²) in [6, 6.07) is 24.7. The molecule has 2 aromatic carbocycles. The molecule has 1 aromatic heterocycles. The van der Waals surface area contributed by atoms with Crippen LogP contribution in [0, 0.1) is 0 Å². The van der Waals surface area contributed by atoms with Crippen LogP contribution < -0.4 is 15.7 Å². The summed E-state index contributed by atoms with van der Waals surface area (Å²) >= 11 is 0. The highest BCUT2D eigenvalue weighted by Gasteiger charge is 2.53. The summed E-state index contributed by atoms with van der Waals surface area (Å²) in [7, 11) is -2.59. The van der Waals surface area contributed by atoms with E-state index in [1.165, 1.54) is 10.4 Å². The number of hydrogen-bond donors (Lipinski definition) is 1. The van der Waals surface area contributed by atoms with Gasteiger partial charge in [0.1, 0.15) is 0 Å². The second kappa shape index (κ2) is 8.65. The molecule has 0 aliphatic carbocycles. The van der Waals surface area contributed by atoms with Crippen LogP contribution in [-0.2, 0) is 4.43 Å². The normalized spacial score (nSPS) is 14.7. The van der Waals surface area contributed by atoms with Crippen LogP contribution in [0.15, 0.2) is 85.2 Å². The maximum Gasteiger partial charge on any atom is 0.322 e. The molecule has 5 nitrogen and oxygen atoms in total. The number of pyridine rings is 1. The monoisotopic (exact) mass is 431 g/mol. The van der Waals surface area contributed by atoms with Crippen molar-refractivity contribution in [3.05, 3.63) is 85.2 Å². The first-order chi connectivity index (χ1) is 14.9. The van der Waals surface area contributed by atoms with E-state index in [-0.39, 0.29) is 17.2 Å². The van der Waals surface area contributed by atoms with Crippen LogP contribution in [0.4, 0.5) is 10.5 Å². The van der Waals surface area contributed by atoms with Crippen LogP contribution in [-0.4, -0.2) is 43.4 Å². The summed E-state index contributed by atoms with van der Waals surface area (Å²) in [4.78, 5) is 18.4. The van der Waals surface area contributed by atoms with E-state index in [4.69, 9.17) is 4.43 Å². The largest absolute Gasteiger partial charge is 0.401 e. The lowest BCUT2D eigenvalue weighted by molar-refractivity contribution is 0.0422. The van der Waals surface area contributed by atoms with E-state index in [1.54, 1.807) is 23.4 Å². The number of likely N-dealkylation sites (tertiary alicyclic amines) is 1. The molecule has 1 aliphatic rings. The zero-order valence-electron chi connectivity index (χ0n) is 18.3. The SMILES string of the molecule is CC(C)(C)[Si](OC1CN(C(=O)Nc2cccnc2)C1)(c1ccccc1)c1ccccc1. The van der Waals surface area contributed by atoms with Gasteiger partial charge in [0.2, 0.25) is 0 Å². The van der Waals surface area contributed by atoms with E-state index in [1.807, 2.05) is 18.2 Å². The molecule has 0 bridgehead atoms. The zero-order chi connectivity index (χ0) is 21.9. The number of urea groups is 1. The molecule has 4 rings (SSSR count). The maximum atomic E-state index is 12.6. The van der Waals surface area contributed by atoms with E-state index in [0.717, 1.165) is 0 Å². The molecule has 1 aliphatic heterocycles. The number of anilines is 1. The Bertz CT molecular complexity index is 962. The van der Waals surface area contributed by atoms with Gasteiger partial charge in [0.15, 0.2) is 0 Å². The van der Waals surface area contributed by atoms with Gasteiger partial charge in [0, 0.05) is 19.3 Å². The summed E-state index contributed by atoms with van der Waals surface area (Å²) < 4.78 is 7.05. The van der Waals surface area contributed by atoms with Gasteiger partial charge in [-0.2, -0.15) is 0 Å². The molecule has 1 N–H and O–H groups in total. The summed E-state index contributed by atoms with van der Waals surface area (Å²) in [5, 5.41) is 5.34. The smallest absolute Gasteiger partial charge is 0.322 e. The van der Waals surface area contributed by atoms with Crippen LogP contribution in [0.1, 0.15) is 20.8 Å². The number of amides is 2. The molecule has 31 heavy (non-hydrogen) atoms. The second-order valence-corrected chi connectivity index (χ2v) is 13.2. The lowest BCUT2D eigenvalue weighted by Gasteiger charge is -2.49. The summed E-state index contributed by atoms with van der Waals surface area (Å²) in [6.07, 6.45) is 3.34. The second-order valence-electron chi connectivity index (χ2n) is 8.98. The van der Waals surface area contributed by atoms with Crippen LogP contribution in [0.5, 0.6) is 0 Å². The van der Waals surface area contributed by atoms with Gasteiger partial charge in [0.25, 0.3) is 8.32 Å². The first kappa shape index (κ1) is 21.3. The van der Waals surface area contributed by atoms with Gasteiger partial charge in [-0.3, -0.25) is 4.98 Å². The minimum absolute atomic E-state index is 0.00551. The number of nitrogens with one attached hydrogen (secondary N) is 1. The molecule has 1 saturated heterocycles. The van der Waals surface area contributed by atoms with E-state index >= 15 is 0 Å². The standard InChI is InChI=1S/C25H29N3O2Si/c1-25(2,3)31(22-12-6-4-7-13-22,23-14-8-5-9-15-23)30-21-18-28(19-21)24(29)27-20-11-10-16-26-17-20/h4-17,21H,18-19H2,1-3H3,(H,27,29). The topological polar surface area (TPSA) is 54.5 Å². The molecule has 3 aromatic rings. The molecule has 0 atom stereocenters. The fourth-order valence-corrected chi connectivity index (χ4v) is 8.92. The Balaban J connectivity index is 1.56. The van der Waals surface area contributed by atoms with Gasteiger partial charge in [-0.25, -0.2) is 4.79 Å². The highest BCUT2D eigenvalue weighted by molar-refractivity contribution is 6.99. The van der Waals surface area contributed by atoms with Crippen LogP contribution in [0.25, 0.3) is 0 Å². The number of rotatable bonds is 5. The van der Waals surface area contributed by atoms with Crippen molar-refractivity contribution < 1.29 is 9.22 Å². The van der Waals surface area contributed by atoms with Gasteiger partial charge in [-0.1, -0.05) is 81.4 Å². The first-order valence-corrected chi connectivity index (χ1v) is 12.6. The number of benzene rings is 2. The van der Waals surface area contributed by atoms with Crippen LogP contribution in [0.3, 0.4) is 0 Å². The summed E-state index contributed by atoms with van der Waals surface area (Å²) in [5.41, 5.74) is 0.698. The summed E-state index contributed by atoms with van der Waals surface area (Å²) in [6.45, 7) is 7.97. The molecule has 0 spiro atoms.